The molecule has 1 aliphatic carbocycles. The van der Waals surface area contributed by atoms with E-state index in [0.29, 0.717) is 5.75 Å². The lowest BCUT2D eigenvalue weighted by atomic mass is 10.2. The molecular formula is C12H13N3O3. The summed E-state index contributed by atoms with van der Waals surface area (Å²) in [7, 11) is 0. The maximum Gasteiger partial charge on any atom is 0.287 e. The SMILES string of the molecule is N#Cc1cc(OC2CCC(N)C2)ccc1[N+](=O)[O-]. The van der Waals surface area contributed by atoms with Crippen LogP contribution in [0, 0.1) is 21.4 Å². The number of hydrogen-bond acceptors (Lipinski definition) is 5. The third-order valence-corrected chi connectivity index (χ3v) is 3.01. The first kappa shape index (κ1) is 12.3. The fraction of sp³-hybridized carbons (Fsp3) is 0.417. The zero-order valence-corrected chi connectivity index (χ0v) is 9.70. The summed E-state index contributed by atoms with van der Waals surface area (Å²) in [5, 5.41) is 19.5. The molecule has 0 heterocycles. The third kappa shape index (κ3) is 2.57. The van der Waals surface area contributed by atoms with Gasteiger partial charge in [-0.15, -0.1) is 0 Å². The first-order chi connectivity index (χ1) is 8.60. The molecule has 6 nitrogen and oxygen atoms in total. The quantitative estimate of drug-likeness (QED) is 0.647. The summed E-state index contributed by atoms with van der Waals surface area (Å²) in [5.74, 6) is 0.483. The van der Waals surface area contributed by atoms with Gasteiger partial charge in [-0.1, -0.05) is 0 Å². The maximum absolute atomic E-state index is 10.7. The molecular weight excluding hydrogens is 234 g/mol. The summed E-state index contributed by atoms with van der Waals surface area (Å²) in [6.45, 7) is 0. The fourth-order valence-corrected chi connectivity index (χ4v) is 2.11. The van der Waals surface area contributed by atoms with Gasteiger partial charge in [0.1, 0.15) is 23.5 Å². The van der Waals surface area contributed by atoms with Crippen molar-refractivity contribution < 1.29 is 9.66 Å². The number of nitro benzene ring substituents is 1. The van der Waals surface area contributed by atoms with E-state index in [9.17, 15) is 10.1 Å². The number of ether oxygens (including phenoxy) is 1. The number of nitrogens with two attached hydrogens (primary N) is 1. The Morgan fingerprint density at radius 3 is 2.83 bits per heavy atom. The normalized spacial score (nSPS) is 22.4. The van der Waals surface area contributed by atoms with Crippen LogP contribution < -0.4 is 10.5 Å². The zero-order valence-electron chi connectivity index (χ0n) is 9.70. The van der Waals surface area contributed by atoms with E-state index in [0.717, 1.165) is 19.3 Å². The first-order valence-corrected chi connectivity index (χ1v) is 5.71. The Labute approximate surface area is 104 Å². The second-order valence-electron chi connectivity index (χ2n) is 4.36. The van der Waals surface area contributed by atoms with Gasteiger partial charge in [0.05, 0.1) is 4.92 Å². The smallest absolute Gasteiger partial charge is 0.287 e. The summed E-state index contributed by atoms with van der Waals surface area (Å²) >= 11 is 0. The minimum absolute atomic E-state index is 0.0137. The van der Waals surface area contributed by atoms with Crippen LogP contribution in [0.4, 0.5) is 5.69 Å². The van der Waals surface area contributed by atoms with Crippen LogP contribution in [-0.2, 0) is 0 Å². The lowest BCUT2D eigenvalue weighted by molar-refractivity contribution is -0.385. The predicted octanol–water partition coefficient (Wildman–Crippen LogP) is 1.73. The summed E-state index contributed by atoms with van der Waals surface area (Å²) in [6, 6.07) is 6.18. The largest absolute Gasteiger partial charge is 0.490 e. The Morgan fingerprint density at radius 2 is 2.28 bits per heavy atom. The van der Waals surface area contributed by atoms with E-state index >= 15 is 0 Å². The highest BCUT2D eigenvalue weighted by Gasteiger charge is 2.24. The predicted molar refractivity (Wildman–Crippen MR) is 64.1 cm³/mol. The molecule has 1 aromatic carbocycles. The average Bonchev–Trinajstić information content (AvgIpc) is 2.74. The monoisotopic (exact) mass is 247 g/mol. The van der Waals surface area contributed by atoms with Crippen LogP contribution in [0.5, 0.6) is 5.75 Å². The van der Waals surface area contributed by atoms with Crippen molar-refractivity contribution >= 4 is 5.69 Å². The van der Waals surface area contributed by atoms with Crippen molar-refractivity contribution in [3.05, 3.63) is 33.9 Å². The molecule has 2 rings (SSSR count). The number of nitro groups is 1. The lowest BCUT2D eigenvalue weighted by Crippen LogP contribution is -2.19. The Bertz CT molecular complexity index is 510. The van der Waals surface area contributed by atoms with E-state index in [1.165, 1.54) is 18.2 Å². The first-order valence-electron chi connectivity index (χ1n) is 5.71. The topological polar surface area (TPSA) is 102 Å². The Kier molecular flexibility index (Phi) is 3.44. The van der Waals surface area contributed by atoms with Crippen molar-refractivity contribution in [3.8, 4) is 11.8 Å². The Morgan fingerprint density at radius 1 is 1.50 bits per heavy atom. The van der Waals surface area contributed by atoms with E-state index in [-0.39, 0.29) is 23.4 Å². The zero-order chi connectivity index (χ0) is 13.1. The molecule has 1 fully saturated rings. The van der Waals surface area contributed by atoms with E-state index in [1.54, 1.807) is 6.07 Å². The molecule has 2 N–H and O–H groups in total. The molecule has 0 aromatic heterocycles. The highest BCUT2D eigenvalue weighted by Crippen LogP contribution is 2.27. The van der Waals surface area contributed by atoms with E-state index in [4.69, 9.17) is 15.7 Å². The molecule has 1 saturated carbocycles. The molecule has 2 unspecified atom stereocenters. The standard InChI is InChI=1S/C12H13N3O3/c13-7-8-5-10(3-4-12(8)15(16)17)18-11-2-1-9(14)6-11/h3-5,9,11H,1-2,6,14H2. The van der Waals surface area contributed by atoms with Gasteiger partial charge < -0.3 is 10.5 Å². The van der Waals surface area contributed by atoms with Crippen LogP contribution in [0.1, 0.15) is 24.8 Å². The van der Waals surface area contributed by atoms with E-state index in [2.05, 4.69) is 0 Å². The van der Waals surface area contributed by atoms with Crippen LogP contribution in [0.2, 0.25) is 0 Å². The van der Waals surface area contributed by atoms with Gasteiger partial charge in [0.15, 0.2) is 0 Å². The van der Waals surface area contributed by atoms with Crippen molar-refractivity contribution in [1.29, 1.82) is 5.26 Å². The minimum atomic E-state index is -0.576. The van der Waals surface area contributed by atoms with Crippen LogP contribution in [0.25, 0.3) is 0 Å². The van der Waals surface area contributed by atoms with Crippen molar-refractivity contribution in [1.82, 2.24) is 0 Å². The van der Waals surface area contributed by atoms with Gasteiger partial charge in [-0.2, -0.15) is 5.26 Å². The molecule has 0 radical (unpaired) electrons. The fourth-order valence-electron chi connectivity index (χ4n) is 2.11. The molecule has 1 aromatic rings. The molecule has 2 atom stereocenters. The van der Waals surface area contributed by atoms with Crippen molar-refractivity contribution in [2.75, 3.05) is 0 Å². The summed E-state index contributed by atoms with van der Waals surface area (Å²) in [4.78, 5) is 10.1. The Balaban J connectivity index is 2.15. The van der Waals surface area contributed by atoms with Gasteiger partial charge in [0, 0.05) is 18.2 Å². The van der Waals surface area contributed by atoms with Gasteiger partial charge in [-0.05, 0) is 25.3 Å². The summed E-state index contributed by atoms with van der Waals surface area (Å²) in [5.41, 5.74) is 5.59. The lowest BCUT2D eigenvalue weighted by Gasteiger charge is -2.13. The highest BCUT2D eigenvalue weighted by atomic mass is 16.6. The second kappa shape index (κ2) is 5.02. The molecule has 0 aliphatic heterocycles. The van der Waals surface area contributed by atoms with Crippen LogP contribution in [0.15, 0.2) is 18.2 Å². The molecule has 94 valence electrons. The number of benzene rings is 1. The van der Waals surface area contributed by atoms with Gasteiger partial charge in [0.2, 0.25) is 0 Å². The second-order valence-corrected chi connectivity index (χ2v) is 4.36. The summed E-state index contributed by atoms with van der Waals surface area (Å²) in [6.07, 6.45) is 2.61. The molecule has 18 heavy (non-hydrogen) atoms. The van der Waals surface area contributed by atoms with E-state index in [1.807, 2.05) is 0 Å². The van der Waals surface area contributed by atoms with Crippen LogP contribution >= 0.6 is 0 Å². The van der Waals surface area contributed by atoms with Crippen LogP contribution in [-0.4, -0.2) is 17.1 Å². The molecule has 0 spiro atoms. The summed E-state index contributed by atoms with van der Waals surface area (Å²) < 4.78 is 5.67. The number of hydrogen-bond donors (Lipinski definition) is 1. The molecule has 0 saturated heterocycles. The molecule has 6 heteroatoms. The third-order valence-electron chi connectivity index (χ3n) is 3.01. The minimum Gasteiger partial charge on any atom is -0.490 e. The number of nitriles is 1. The number of rotatable bonds is 3. The van der Waals surface area contributed by atoms with Crippen molar-refractivity contribution in [3.63, 3.8) is 0 Å². The molecule has 0 bridgehead atoms. The molecule has 1 aliphatic rings. The van der Waals surface area contributed by atoms with Gasteiger partial charge in [-0.25, -0.2) is 0 Å². The van der Waals surface area contributed by atoms with Crippen LogP contribution in [0.3, 0.4) is 0 Å². The van der Waals surface area contributed by atoms with Gasteiger partial charge in [0.25, 0.3) is 5.69 Å². The van der Waals surface area contributed by atoms with Crippen molar-refractivity contribution in [2.45, 2.75) is 31.4 Å². The van der Waals surface area contributed by atoms with Gasteiger partial charge >= 0.3 is 0 Å². The number of nitrogens with zero attached hydrogens (tertiary/aromatic N) is 2. The highest BCUT2D eigenvalue weighted by molar-refractivity contribution is 5.52. The van der Waals surface area contributed by atoms with E-state index < -0.39 is 4.92 Å². The Hall–Kier alpha value is -2.13. The average molecular weight is 247 g/mol. The molecule has 0 amide bonds. The maximum atomic E-state index is 10.7. The van der Waals surface area contributed by atoms with Gasteiger partial charge in [-0.3, -0.25) is 10.1 Å². The van der Waals surface area contributed by atoms with Crippen molar-refractivity contribution in [2.24, 2.45) is 5.73 Å².